The fourth-order valence-corrected chi connectivity index (χ4v) is 5.43. The Balaban J connectivity index is 1.75. The van der Waals surface area contributed by atoms with Gasteiger partial charge in [-0.15, -0.1) is 35.0 Å². The van der Waals surface area contributed by atoms with Gasteiger partial charge in [-0.3, -0.25) is 15.0 Å². The van der Waals surface area contributed by atoms with Crippen molar-refractivity contribution < 1.29 is 4.79 Å². The molecule has 0 spiro atoms. The summed E-state index contributed by atoms with van der Waals surface area (Å²) >= 11 is 13.6. The number of carbonyl (C=O) groups excluding carboxylic acids is 1. The Morgan fingerprint density at radius 3 is 2.81 bits per heavy atom. The van der Waals surface area contributed by atoms with Crippen LogP contribution in [0.4, 0.5) is 5.69 Å². The predicted octanol–water partition coefficient (Wildman–Crippen LogP) is 2.09. The first-order valence-electron chi connectivity index (χ1n) is 8.79. The highest BCUT2D eigenvalue weighted by atomic mass is 35.5. The number of amides is 1. The Hall–Kier alpha value is -0.730. The van der Waals surface area contributed by atoms with Crippen LogP contribution in [0.1, 0.15) is 18.9 Å². The number of pyridine rings is 1. The van der Waals surface area contributed by atoms with Crippen molar-refractivity contribution in [2.45, 2.75) is 41.6 Å². The molecule has 1 amide bonds. The number of hydrogen-bond acceptors (Lipinski definition) is 5. The number of nitrogens with zero attached hydrogens (tertiary/aromatic N) is 2. The Labute approximate surface area is 167 Å². The summed E-state index contributed by atoms with van der Waals surface area (Å²) in [7, 11) is 1.99. The minimum absolute atomic E-state index is 0.0111. The molecule has 2 N–H and O–H groups in total. The van der Waals surface area contributed by atoms with Gasteiger partial charge in [-0.25, -0.2) is 5.01 Å². The van der Waals surface area contributed by atoms with Crippen LogP contribution in [0.5, 0.6) is 0 Å². The maximum Gasteiger partial charge on any atom is 0.253 e. The maximum absolute atomic E-state index is 12.6. The second-order valence-electron chi connectivity index (χ2n) is 6.87. The van der Waals surface area contributed by atoms with Crippen LogP contribution < -0.4 is 16.3 Å². The topological polar surface area (TPSA) is 66.4 Å². The lowest BCUT2D eigenvalue weighted by Crippen LogP contribution is -2.28. The molecule has 1 aromatic rings. The molecular weight excluding hydrogens is 395 g/mol. The number of aryl methyl sites for hydroxylation is 1. The normalized spacial score (nSPS) is 29.2. The summed E-state index contributed by atoms with van der Waals surface area (Å²) in [5.74, 6) is 0.265. The van der Waals surface area contributed by atoms with Crippen molar-refractivity contribution >= 4 is 46.6 Å². The van der Waals surface area contributed by atoms with E-state index >= 15 is 0 Å². The van der Waals surface area contributed by atoms with E-state index in [1.807, 2.05) is 19.0 Å². The zero-order valence-electron chi connectivity index (χ0n) is 14.9. The van der Waals surface area contributed by atoms with Gasteiger partial charge in [0.1, 0.15) is 0 Å². The second kappa shape index (κ2) is 8.52. The molecule has 0 radical (unpaired) electrons. The van der Waals surface area contributed by atoms with Crippen LogP contribution in [0.15, 0.2) is 17.1 Å². The molecule has 2 aliphatic heterocycles. The largest absolute Gasteiger partial charge is 0.324 e. The van der Waals surface area contributed by atoms with Crippen LogP contribution >= 0.6 is 35.0 Å². The maximum atomic E-state index is 12.6. The molecule has 6 nitrogen and oxygen atoms in total. The van der Waals surface area contributed by atoms with E-state index in [2.05, 4.69) is 10.7 Å². The van der Waals surface area contributed by atoms with Crippen molar-refractivity contribution in [1.82, 2.24) is 15.0 Å². The number of thioether (sulfide) groups is 1. The zero-order chi connectivity index (χ0) is 18.8. The number of hydrogen-bond donors (Lipinski definition) is 2. The quantitative estimate of drug-likeness (QED) is 0.716. The lowest BCUT2D eigenvalue weighted by Gasteiger charge is -2.15. The summed E-state index contributed by atoms with van der Waals surface area (Å²) in [6.07, 6.45) is 2.94. The van der Waals surface area contributed by atoms with Crippen molar-refractivity contribution in [2.24, 2.45) is 5.92 Å². The molecule has 3 rings (SSSR count). The molecule has 144 valence electrons. The lowest BCUT2D eigenvalue weighted by molar-refractivity contribution is -0.115. The van der Waals surface area contributed by atoms with Gasteiger partial charge in [0.2, 0.25) is 5.91 Å². The summed E-state index contributed by atoms with van der Waals surface area (Å²) < 4.78 is 1.40. The molecule has 4 atom stereocenters. The molecule has 1 aromatic heterocycles. The van der Waals surface area contributed by atoms with Gasteiger partial charge in [-0.05, 0) is 31.7 Å². The predicted molar refractivity (Wildman–Crippen MR) is 108 cm³/mol. The standard InChI is InChI=1S/C17H24Cl2N4O2S/c1-3-23-9-12(21-16(24)14-6-13(18)15(19)26-14)5-11(17(23)25)4-10-7-20-22(2)8-10/h5,9-10,13-15,20H,3-4,6-8H2,1-2H3,(H,21,24). The number of carbonyl (C=O) groups is 1. The summed E-state index contributed by atoms with van der Waals surface area (Å²) in [5, 5.41) is 4.51. The third kappa shape index (κ3) is 4.57. The second-order valence-corrected chi connectivity index (χ2v) is 9.51. The third-order valence-corrected chi connectivity index (χ3v) is 7.41. The van der Waals surface area contributed by atoms with Crippen LogP contribution in [0, 0.1) is 5.92 Å². The summed E-state index contributed by atoms with van der Waals surface area (Å²) in [6, 6.07) is 1.81. The molecule has 4 unspecified atom stereocenters. The van der Waals surface area contributed by atoms with E-state index in [0.29, 0.717) is 31.0 Å². The number of anilines is 1. The van der Waals surface area contributed by atoms with E-state index in [9.17, 15) is 9.59 Å². The SMILES string of the molecule is CCn1cc(NC(=O)C2CC(Cl)C(Cl)S2)cc(CC2CNN(C)C2)c1=O. The molecule has 26 heavy (non-hydrogen) atoms. The molecule has 0 aliphatic carbocycles. The monoisotopic (exact) mass is 418 g/mol. The Kier molecular flexibility index (Phi) is 6.56. The lowest BCUT2D eigenvalue weighted by atomic mass is 10.0. The van der Waals surface area contributed by atoms with E-state index in [1.165, 1.54) is 11.8 Å². The smallest absolute Gasteiger partial charge is 0.253 e. The van der Waals surface area contributed by atoms with Gasteiger partial charge < -0.3 is 9.88 Å². The summed E-state index contributed by atoms with van der Waals surface area (Å²) in [4.78, 5) is 25.2. The van der Waals surface area contributed by atoms with Crippen LogP contribution in [0.25, 0.3) is 0 Å². The van der Waals surface area contributed by atoms with Crippen LogP contribution in [0.3, 0.4) is 0 Å². The van der Waals surface area contributed by atoms with E-state index in [4.69, 9.17) is 23.2 Å². The first-order chi connectivity index (χ1) is 12.4. The number of halogens is 2. The van der Waals surface area contributed by atoms with Gasteiger partial charge in [-0.1, -0.05) is 0 Å². The number of aromatic nitrogens is 1. The summed E-state index contributed by atoms with van der Waals surface area (Å²) in [5.41, 5.74) is 4.65. The number of nitrogens with one attached hydrogen (secondary N) is 2. The number of alkyl halides is 2. The highest BCUT2D eigenvalue weighted by Crippen LogP contribution is 2.39. The van der Waals surface area contributed by atoms with Gasteiger partial charge in [0.05, 0.1) is 21.0 Å². The van der Waals surface area contributed by atoms with Crippen molar-refractivity contribution in [1.29, 1.82) is 0 Å². The highest BCUT2D eigenvalue weighted by molar-refractivity contribution is 8.02. The van der Waals surface area contributed by atoms with Crippen LogP contribution in [-0.2, 0) is 17.8 Å². The first kappa shape index (κ1) is 20.0. The van der Waals surface area contributed by atoms with E-state index in [-0.39, 0.29) is 26.8 Å². The van der Waals surface area contributed by atoms with Crippen LogP contribution in [0.2, 0.25) is 0 Å². The third-order valence-electron chi connectivity index (χ3n) is 4.77. The van der Waals surface area contributed by atoms with E-state index in [0.717, 1.165) is 18.7 Å². The van der Waals surface area contributed by atoms with Gasteiger partial charge in [-0.2, -0.15) is 0 Å². The van der Waals surface area contributed by atoms with E-state index in [1.54, 1.807) is 16.8 Å². The van der Waals surface area contributed by atoms with Crippen molar-refractivity contribution in [3.8, 4) is 0 Å². The molecule has 3 heterocycles. The number of rotatable bonds is 5. The fraction of sp³-hybridized carbons (Fsp3) is 0.647. The minimum atomic E-state index is -0.266. The number of hydrazine groups is 1. The molecular formula is C17H24Cl2N4O2S. The van der Waals surface area contributed by atoms with Gasteiger partial charge in [0.25, 0.3) is 5.56 Å². The zero-order valence-corrected chi connectivity index (χ0v) is 17.2. The molecule has 2 saturated heterocycles. The molecule has 2 aliphatic rings. The van der Waals surface area contributed by atoms with Crippen LogP contribution in [-0.4, -0.2) is 51.0 Å². The van der Waals surface area contributed by atoms with Crippen molar-refractivity contribution in [3.63, 3.8) is 0 Å². The van der Waals surface area contributed by atoms with Crippen molar-refractivity contribution in [3.05, 3.63) is 28.2 Å². The fourth-order valence-electron chi connectivity index (χ4n) is 3.40. The average Bonchev–Trinajstić information content (AvgIpc) is 3.16. The first-order valence-corrected chi connectivity index (χ1v) is 10.6. The minimum Gasteiger partial charge on any atom is -0.324 e. The molecule has 9 heteroatoms. The Morgan fingerprint density at radius 2 is 2.23 bits per heavy atom. The average molecular weight is 419 g/mol. The molecule has 0 saturated carbocycles. The van der Waals surface area contributed by atoms with Gasteiger partial charge >= 0.3 is 0 Å². The van der Waals surface area contributed by atoms with Gasteiger partial charge in [0.15, 0.2) is 0 Å². The summed E-state index contributed by atoms with van der Waals surface area (Å²) in [6.45, 7) is 4.23. The Morgan fingerprint density at radius 1 is 1.46 bits per heavy atom. The van der Waals surface area contributed by atoms with Gasteiger partial charge in [0, 0.05) is 38.4 Å². The highest BCUT2D eigenvalue weighted by Gasteiger charge is 2.36. The Bertz CT molecular complexity index is 719. The molecule has 0 aromatic carbocycles. The molecule has 0 bridgehead atoms. The molecule has 2 fully saturated rings. The van der Waals surface area contributed by atoms with Crippen molar-refractivity contribution in [2.75, 3.05) is 25.5 Å². The van der Waals surface area contributed by atoms with E-state index < -0.39 is 0 Å².